The Hall–Kier alpha value is -2.25. The second-order valence-corrected chi connectivity index (χ2v) is 10.9. The Balaban J connectivity index is 1.58. The highest BCUT2D eigenvalue weighted by molar-refractivity contribution is 8.00. The number of anilines is 2. The Kier molecular flexibility index (Phi) is 7.67. The number of hydrogen-bond donors (Lipinski definition) is 2. The van der Waals surface area contributed by atoms with Gasteiger partial charge in [-0.25, -0.2) is 0 Å². The first-order valence-electron chi connectivity index (χ1n) is 11.5. The zero-order valence-electron chi connectivity index (χ0n) is 20.2. The minimum absolute atomic E-state index is 0.0727. The molecule has 2 atom stereocenters. The molecule has 190 valence electrons. The highest BCUT2D eigenvalue weighted by Crippen LogP contribution is 2.39. The molecule has 2 aliphatic rings. The molecule has 0 radical (unpaired) electrons. The van der Waals surface area contributed by atoms with E-state index in [1.54, 1.807) is 12.1 Å². The number of amides is 1. The molecule has 1 aromatic heterocycles. The summed E-state index contributed by atoms with van der Waals surface area (Å²) in [5, 5.41) is 14.5. The fraction of sp³-hybridized carbons (Fsp3) is 0.565. The van der Waals surface area contributed by atoms with Gasteiger partial charge in [0.2, 0.25) is 5.91 Å². The lowest BCUT2D eigenvalue weighted by molar-refractivity contribution is -0.178. The number of rotatable bonds is 7. The van der Waals surface area contributed by atoms with Gasteiger partial charge in [0.1, 0.15) is 0 Å². The molecular weight excluding hydrogens is 492 g/mol. The Morgan fingerprint density at radius 2 is 2.09 bits per heavy atom. The molecule has 1 aromatic carbocycles. The zero-order valence-corrected chi connectivity index (χ0v) is 21.8. The van der Waals surface area contributed by atoms with E-state index >= 15 is 0 Å². The van der Waals surface area contributed by atoms with Gasteiger partial charge in [-0.15, -0.1) is 0 Å². The Morgan fingerprint density at radius 1 is 1.37 bits per heavy atom. The topological polar surface area (TPSA) is 121 Å². The van der Waals surface area contributed by atoms with Gasteiger partial charge in [0.15, 0.2) is 16.7 Å². The first kappa shape index (κ1) is 25.8. The third-order valence-electron chi connectivity index (χ3n) is 6.07. The zero-order chi connectivity index (χ0) is 25.3. The summed E-state index contributed by atoms with van der Waals surface area (Å²) < 4.78 is 13.5. The molecule has 0 aliphatic carbocycles. The molecule has 10 nitrogen and oxygen atoms in total. The lowest BCUT2D eigenvalue weighted by Gasteiger charge is -2.38. The SMILES string of the molecule is CC(=O)NC(CSN(O)c1cc(C)cc2c(=O)nc(N3CCC4(CC3)OC[C@H](C)O4)sc12)C(C)=O. The molecule has 1 amide bonds. The van der Waals surface area contributed by atoms with E-state index < -0.39 is 11.8 Å². The Bertz CT molecular complexity index is 1180. The van der Waals surface area contributed by atoms with Gasteiger partial charge in [0.25, 0.3) is 5.56 Å². The number of ether oxygens (including phenoxy) is 2. The highest BCUT2D eigenvalue weighted by Gasteiger charge is 2.43. The average Bonchev–Trinajstić information content (AvgIpc) is 3.16. The van der Waals surface area contributed by atoms with E-state index in [0.717, 1.165) is 22.0 Å². The number of nitrogens with zero attached hydrogens (tertiary/aromatic N) is 3. The second kappa shape index (κ2) is 10.4. The van der Waals surface area contributed by atoms with E-state index in [-0.39, 0.29) is 29.1 Å². The highest BCUT2D eigenvalue weighted by atomic mass is 32.2. The number of aromatic nitrogens is 1. The number of benzene rings is 1. The van der Waals surface area contributed by atoms with E-state index in [0.29, 0.717) is 53.4 Å². The van der Waals surface area contributed by atoms with Crippen LogP contribution >= 0.6 is 23.3 Å². The molecule has 2 saturated heterocycles. The predicted octanol–water partition coefficient (Wildman–Crippen LogP) is 2.63. The minimum atomic E-state index is -0.734. The fourth-order valence-corrected chi connectivity index (χ4v) is 6.36. The Labute approximate surface area is 211 Å². The molecule has 1 unspecified atom stereocenters. The van der Waals surface area contributed by atoms with Gasteiger partial charge in [0.05, 0.1) is 34.5 Å². The van der Waals surface area contributed by atoms with Crippen molar-refractivity contribution in [3.8, 4) is 0 Å². The quantitative estimate of drug-likeness (QED) is 0.415. The molecule has 0 bridgehead atoms. The van der Waals surface area contributed by atoms with Gasteiger partial charge >= 0.3 is 0 Å². The maximum atomic E-state index is 13.0. The van der Waals surface area contributed by atoms with Crippen LogP contribution in [0.4, 0.5) is 10.8 Å². The normalized spacial score (nSPS) is 20.3. The van der Waals surface area contributed by atoms with Crippen LogP contribution in [0.15, 0.2) is 16.9 Å². The first-order chi connectivity index (χ1) is 16.6. The van der Waals surface area contributed by atoms with Crippen LogP contribution in [0, 0.1) is 6.92 Å². The molecule has 3 heterocycles. The summed E-state index contributed by atoms with van der Waals surface area (Å²) in [7, 11) is 0. The van der Waals surface area contributed by atoms with Crippen molar-refractivity contribution in [3.05, 3.63) is 28.0 Å². The third kappa shape index (κ3) is 5.78. The van der Waals surface area contributed by atoms with E-state index in [2.05, 4.69) is 10.3 Å². The molecule has 35 heavy (non-hydrogen) atoms. The van der Waals surface area contributed by atoms with Crippen LogP contribution in [0.5, 0.6) is 0 Å². The van der Waals surface area contributed by atoms with Crippen LogP contribution in [0.25, 0.3) is 10.1 Å². The number of aryl methyl sites for hydroxylation is 1. The number of piperidine rings is 1. The van der Waals surface area contributed by atoms with Crippen LogP contribution in [0.3, 0.4) is 0 Å². The number of Topliss-reactive ketones (excluding diaryl/α,β-unsaturated/α-hetero) is 1. The Morgan fingerprint density at radius 3 is 2.69 bits per heavy atom. The number of hydrogen-bond acceptors (Lipinski definition) is 11. The summed E-state index contributed by atoms with van der Waals surface area (Å²) in [6.45, 7) is 8.41. The van der Waals surface area contributed by atoms with Crippen molar-refractivity contribution in [3.63, 3.8) is 0 Å². The number of fused-ring (bicyclic) bond motifs is 1. The fourth-order valence-electron chi connectivity index (χ4n) is 4.28. The minimum Gasteiger partial charge on any atom is -0.348 e. The van der Waals surface area contributed by atoms with Crippen molar-refractivity contribution in [2.24, 2.45) is 0 Å². The standard InChI is InChI=1S/C23H30N4O6S2/c1-13-9-17-20(19(10-13)27(31)34-12-18(15(3)28)24-16(4)29)35-22(25-21(17)30)26-7-5-23(6-8-26)32-11-14(2)33-23/h9-10,14,18,31H,5-8,11-12H2,1-4H3,(H,24,29)/t14-,18?/m0/s1. The monoisotopic (exact) mass is 522 g/mol. The van der Waals surface area contributed by atoms with Crippen LogP contribution in [-0.4, -0.2) is 65.3 Å². The average molecular weight is 523 g/mol. The number of carbonyl (C=O) groups excluding carboxylic acids is 2. The molecule has 0 saturated carbocycles. The van der Waals surface area contributed by atoms with E-state index in [4.69, 9.17) is 9.47 Å². The summed E-state index contributed by atoms with van der Waals surface area (Å²) >= 11 is 2.32. The number of ketones is 1. The summed E-state index contributed by atoms with van der Waals surface area (Å²) in [5.41, 5.74) is 0.866. The summed E-state index contributed by atoms with van der Waals surface area (Å²) in [5.74, 6) is -0.949. The first-order valence-corrected chi connectivity index (χ1v) is 13.2. The van der Waals surface area contributed by atoms with Crippen molar-refractivity contribution in [2.75, 3.05) is 34.8 Å². The molecule has 2 N–H and O–H groups in total. The van der Waals surface area contributed by atoms with Crippen molar-refractivity contribution < 1.29 is 24.3 Å². The van der Waals surface area contributed by atoms with Crippen molar-refractivity contribution in [1.82, 2.24) is 10.3 Å². The molecule has 4 rings (SSSR count). The van der Waals surface area contributed by atoms with Crippen LogP contribution in [0.1, 0.15) is 39.2 Å². The summed E-state index contributed by atoms with van der Waals surface area (Å²) in [4.78, 5) is 42.6. The van der Waals surface area contributed by atoms with Crippen LogP contribution in [0.2, 0.25) is 0 Å². The van der Waals surface area contributed by atoms with E-state index in [9.17, 15) is 19.6 Å². The molecular formula is C23H30N4O6S2. The van der Waals surface area contributed by atoms with Crippen molar-refractivity contribution >= 4 is 55.9 Å². The largest absolute Gasteiger partial charge is 0.348 e. The second-order valence-electron chi connectivity index (χ2n) is 9.03. The number of nitrogens with one attached hydrogen (secondary N) is 1. The van der Waals surface area contributed by atoms with E-state index in [1.165, 1.54) is 25.2 Å². The van der Waals surface area contributed by atoms with Gasteiger partial charge in [-0.2, -0.15) is 9.45 Å². The van der Waals surface area contributed by atoms with Gasteiger partial charge in [-0.05, 0) is 50.4 Å². The molecule has 12 heteroatoms. The molecule has 1 spiro atoms. The van der Waals surface area contributed by atoms with Crippen molar-refractivity contribution in [2.45, 2.75) is 58.5 Å². The predicted molar refractivity (Wildman–Crippen MR) is 136 cm³/mol. The van der Waals surface area contributed by atoms with Gasteiger partial charge in [-0.3, -0.25) is 19.6 Å². The van der Waals surface area contributed by atoms with E-state index in [1.807, 2.05) is 18.7 Å². The van der Waals surface area contributed by atoms with Crippen LogP contribution in [-0.2, 0) is 19.1 Å². The molecule has 2 aliphatic heterocycles. The van der Waals surface area contributed by atoms with Gasteiger partial charge in [0, 0.05) is 38.6 Å². The lowest BCUT2D eigenvalue weighted by atomic mass is 10.0. The third-order valence-corrected chi connectivity index (χ3v) is 8.15. The van der Waals surface area contributed by atoms with Gasteiger partial charge in [-0.1, -0.05) is 11.3 Å². The molecule has 2 aromatic rings. The van der Waals surface area contributed by atoms with Crippen molar-refractivity contribution in [1.29, 1.82) is 0 Å². The maximum Gasteiger partial charge on any atom is 0.281 e. The van der Waals surface area contributed by atoms with Gasteiger partial charge < -0.3 is 19.7 Å². The van der Waals surface area contributed by atoms with Crippen LogP contribution < -0.4 is 20.2 Å². The summed E-state index contributed by atoms with van der Waals surface area (Å²) in [6.07, 6.45) is 1.43. The smallest absolute Gasteiger partial charge is 0.281 e. The lowest BCUT2D eigenvalue weighted by Crippen LogP contribution is -2.45. The molecule has 2 fully saturated rings. The maximum absolute atomic E-state index is 13.0. The summed E-state index contributed by atoms with van der Waals surface area (Å²) in [6, 6.07) is 2.81. The number of carbonyl (C=O) groups is 2.